The number of carbonyl (C=O) groups is 2. The van der Waals surface area contributed by atoms with E-state index < -0.39 is 17.5 Å². The van der Waals surface area contributed by atoms with E-state index in [1.807, 2.05) is 30.3 Å². The minimum atomic E-state index is -1.60. The van der Waals surface area contributed by atoms with Crippen LogP contribution in [-0.4, -0.2) is 39.1 Å². The molecule has 0 fully saturated rings. The zero-order valence-electron chi connectivity index (χ0n) is 12.8. The minimum absolute atomic E-state index is 0.0880. The van der Waals surface area contributed by atoms with Crippen LogP contribution in [-0.2, 0) is 9.59 Å². The summed E-state index contributed by atoms with van der Waals surface area (Å²) in [5, 5.41) is 18.8. The molecule has 1 atom stereocenters. The van der Waals surface area contributed by atoms with Gasteiger partial charge in [-0.05, 0) is 43.4 Å². The molecule has 0 amide bonds. The highest BCUT2D eigenvalue weighted by Crippen LogP contribution is 2.30. The van der Waals surface area contributed by atoms with E-state index in [1.165, 1.54) is 6.92 Å². The van der Waals surface area contributed by atoms with Crippen molar-refractivity contribution in [1.82, 2.24) is 0 Å². The van der Waals surface area contributed by atoms with Crippen molar-refractivity contribution in [2.24, 2.45) is 9.98 Å². The summed E-state index contributed by atoms with van der Waals surface area (Å²) < 4.78 is 0. The van der Waals surface area contributed by atoms with Crippen molar-refractivity contribution in [2.45, 2.75) is 12.5 Å². The lowest BCUT2D eigenvalue weighted by Crippen LogP contribution is -2.37. The van der Waals surface area contributed by atoms with E-state index >= 15 is 0 Å². The Morgan fingerprint density at radius 1 is 1.12 bits per heavy atom. The van der Waals surface area contributed by atoms with Crippen molar-refractivity contribution >= 4 is 29.0 Å². The number of carboxylic acids is 2. The highest BCUT2D eigenvalue weighted by Gasteiger charge is 2.38. The minimum Gasteiger partial charge on any atom is -0.479 e. The fourth-order valence-electron chi connectivity index (χ4n) is 2.49. The molecular formula is C18H14N2O4. The summed E-state index contributed by atoms with van der Waals surface area (Å²) >= 11 is 0. The van der Waals surface area contributed by atoms with Gasteiger partial charge in [-0.15, -0.1) is 0 Å². The molecule has 2 N–H and O–H groups in total. The van der Waals surface area contributed by atoms with Crippen molar-refractivity contribution in [3.63, 3.8) is 0 Å². The topological polar surface area (TPSA) is 99.3 Å². The highest BCUT2D eigenvalue weighted by atomic mass is 16.4. The Morgan fingerprint density at radius 3 is 2.46 bits per heavy atom. The van der Waals surface area contributed by atoms with Crippen LogP contribution in [0.2, 0.25) is 0 Å². The molecule has 1 aromatic carbocycles. The van der Waals surface area contributed by atoms with Crippen LogP contribution in [0.1, 0.15) is 6.92 Å². The first-order chi connectivity index (χ1) is 11.4. The summed E-state index contributed by atoms with van der Waals surface area (Å²) in [7, 11) is 0. The van der Waals surface area contributed by atoms with Gasteiger partial charge in [-0.1, -0.05) is 18.2 Å². The van der Waals surface area contributed by atoms with Gasteiger partial charge in [-0.3, -0.25) is 4.99 Å². The Balaban J connectivity index is 2.08. The van der Waals surface area contributed by atoms with Crippen LogP contribution in [0.25, 0.3) is 0 Å². The molecule has 0 radical (unpaired) electrons. The van der Waals surface area contributed by atoms with Crippen LogP contribution in [0.15, 0.2) is 75.8 Å². The Kier molecular flexibility index (Phi) is 3.73. The van der Waals surface area contributed by atoms with Gasteiger partial charge in [-0.2, -0.15) is 0 Å². The molecule has 120 valence electrons. The molecule has 0 spiro atoms. The standard InChI is InChI=1S/C18H14N2O4/c1-18(17(23)24)10-14(16(21)22)13-9-12(7-8-15(13)20-18)19-11-5-3-2-4-6-11/h2-10H,1H3,(H,21,22)(H,23,24). The van der Waals surface area contributed by atoms with Crippen LogP contribution in [0.4, 0.5) is 5.69 Å². The third-order valence-electron chi connectivity index (χ3n) is 3.73. The van der Waals surface area contributed by atoms with E-state index in [9.17, 15) is 19.8 Å². The third-order valence-corrected chi connectivity index (χ3v) is 3.73. The number of carboxylic acid groups (broad SMARTS) is 2. The molecule has 1 heterocycles. The zero-order valence-corrected chi connectivity index (χ0v) is 12.8. The lowest BCUT2D eigenvalue weighted by atomic mass is 9.86. The number of nitrogens with zero attached hydrogens (tertiary/aromatic N) is 2. The first-order valence-electron chi connectivity index (χ1n) is 7.23. The van der Waals surface area contributed by atoms with Gasteiger partial charge in [0.25, 0.3) is 0 Å². The molecule has 1 aliphatic carbocycles. The summed E-state index contributed by atoms with van der Waals surface area (Å²) in [6.45, 7) is 1.36. The number of allylic oxidation sites excluding steroid dienone is 3. The van der Waals surface area contributed by atoms with Crippen molar-refractivity contribution in [3.05, 3.63) is 65.8 Å². The van der Waals surface area contributed by atoms with E-state index in [0.29, 0.717) is 17.0 Å². The molecule has 0 bridgehead atoms. The number of fused-ring (bicyclic) bond motifs is 1. The van der Waals surface area contributed by atoms with Gasteiger partial charge in [0.1, 0.15) is 0 Å². The lowest BCUT2D eigenvalue weighted by molar-refractivity contribution is -0.140. The number of dihydropyridines is 1. The Bertz CT molecular complexity index is 876. The van der Waals surface area contributed by atoms with Gasteiger partial charge in [0.2, 0.25) is 0 Å². The normalized spacial score (nSPS) is 23.9. The molecule has 24 heavy (non-hydrogen) atoms. The fourth-order valence-corrected chi connectivity index (χ4v) is 2.49. The van der Waals surface area contributed by atoms with E-state index in [2.05, 4.69) is 9.98 Å². The Hall–Kier alpha value is -3.28. The van der Waals surface area contributed by atoms with Gasteiger partial charge >= 0.3 is 11.9 Å². The van der Waals surface area contributed by atoms with E-state index in [1.54, 1.807) is 18.2 Å². The predicted octanol–water partition coefficient (Wildman–Crippen LogP) is 2.56. The van der Waals surface area contributed by atoms with E-state index in [-0.39, 0.29) is 5.57 Å². The van der Waals surface area contributed by atoms with Crippen LogP contribution in [0, 0.1) is 0 Å². The van der Waals surface area contributed by atoms with E-state index in [4.69, 9.17) is 0 Å². The van der Waals surface area contributed by atoms with Gasteiger partial charge in [0, 0.05) is 5.57 Å². The summed E-state index contributed by atoms with van der Waals surface area (Å²) in [5.41, 5.74) is 0.307. The van der Waals surface area contributed by atoms with Crippen molar-refractivity contribution in [2.75, 3.05) is 0 Å². The molecule has 1 unspecified atom stereocenters. The van der Waals surface area contributed by atoms with Crippen LogP contribution in [0.5, 0.6) is 0 Å². The lowest BCUT2D eigenvalue weighted by Gasteiger charge is -2.26. The number of para-hydroxylation sites is 1. The van der Waals surface area contributed by atoms with E-state index in [0.717, 1.165) is 11.8 Å². The highest BCUT2D eigenvalue weighted by molar-refractivity contribution is 6.27. The molecule has 1 aromatic rings. The summed E-state index contributed by atoms with van der Waals surface area (Å²) in [6.07, 6.45) is 6.04. The first kappa shape index (κ1) is 15.6. The second-order valence-corrected chi connectivity index (χ2v) is 5.58. The van der Waals surface area contributed by atoms with Crippen LogP contribution >= 0.6 is 0 Å². The molecule has 0 saturated heterocycles. The zero-order chi connectivity index (χ0) is 17.3. The first-order valence-corrected chi connectivity index (χ1v) is 7.23. The predicted molar refractivity (Wildman–Crippen MR) is 90.0 cm³/mol. The molecule has 6 nitrogen and oxygen atoms in total. The monoisotopic (exact) mass is 322 g/mol. The number of hydrogen-bond donors (Lipinski definition) is 2. The maximum atomic E-state index is 11.6. The van der Waals surface area contributed by atoms with Crippen molar-refractivity contribution < 1.29 is 19.8 Å². The number of benzene rings is 1. The smallest absolute Gasteiger partial charge is 0.336 e. The number of hydrogen-bond acceptors (Lipinski definition) is 4. The quantitative estimate of drug-likeness (QED) is 0.835. The molecule has 3 rings (SSSR count). The summed E-state index contributed by atoms with van der Waals surface area (Å²) in [4.78, 5) is 31.6. The summed E-state index contributed by atoms with van der Waals surface area (Å²) in [5.74, 6) is -2.40. The Morgan fingerprint density at radius 2 is 1.83 bits per heavy atom. The second kappa shape index (κ2) is 5.73. The molecule has 0 saturated carbocycles. The largest absolute Gasteiger partial charge is 0.479 e. The average molecular weight is 322 g/mol. The van der Waals surface area contributed by atoms with Gasteiger partial charge in [0.15, 0.2) is 5.54 Å². The third kappa shape index (κ3) is 2.81. The van der Waals surface area contributed by atoms with Crippen molar-refractivity contribution in [1.29, 1.82) is 0 Å². The molecule has 0 aromatic heterocycles. The summed E-state index contributed by atoms with van der Waals surface area (Å²) in [6, 6.07) is 9.25. The maximum absolute atomic E-state index is 11.6. The molecule has 6 heteroatoms. The van der Waals surface area contributed by atoms with Gasteiger partial charge in [-0.25, -0.2) is 14.6 Å². The Labute approximate surface area is 137 Å². The maximum Gasteiger partial charge on any atom is 0.336 e. The van der Waals surface area contributed by atoms with Crippen LogP contribution < -0.4 is 0 Å². The molecule has 1 aliphatic heterocycles. The fraction of sp³-hybridized carbons (Fsp3) is 0.111. The molecule has 2 aliphatic rings. The SMILES string of the molecule is CC1(C(=O)O)C=C(C(=O)O)C2=CC(=Nc3ccccc3)C=CC2=N1. The number of rotatable bonds is 3. The van der Waals surface area contributed by atoms with Gasteiger partial charge < -0.3 is 10.2 Å². The van der Waals surface area contributed by atoms with Crippen LogP contribution in [0.3, 0.4) is 0 Å². The second-order valence-electron chi connectivity index (χ2n) is 5.58. The number of aliphatic imine (C=N–C) groups is 2. The van der Waals surface area contributed by atoms with Crippen molar-refractivity contribution in [3.8, 4) is 0 Å². The number of aliphatic carboxylic acids is 2. The molecular weight excluding hydrogens is 308 g/mol. The average Bonchev–Trinajstić information content (AvgIpc) is 2.55. The van der Waals surface area contributed by atoms with Gasteiger partial charge in [0.05, 0.1) is 22.7 Å².